The van der Waals surface area contributed by atoms with Crippen molar-refractivity contribution in [1.29, 1.82) is 0 Å². The molecule has 0 spiro atoms. The lowest BCUT2D eigenvalue weighted by molar-refractivity contribution is -0.120. The van der Waals surface area contributed by atoms with Gasteiger partial charge in [-0.1, -0.05) is 6.07 Å². The predicted molar refractivity (Wildman–Crippen MR) is 111 cm³/mol. The van der Waals surface area contributed by atoms with Crippen molar-refractivity contribution >= 4 is 54.4 Å². The van der Waals surface area contributed by atoms with Gasteiger partial charge in [-0.25, -0.2) is 0 Å². The van der Waals surface area contributed by atoms with Gasteiger partial charge in [-0.3, -0.25) is 4.79 Å². The summed E-state index contributed by atoms with van der Waals surface area (Å²) in [6.45, 7) is 3.65. The van der Waals surface area contributed by atoms with Crippen LogP contribution in [0, 0.1) is 13.8 Å². The molecule has 0 fully saturated rings. The maximum atomic E-state index is 12.1. The predicted octanol–water partition coefficient (Wildman–Crippen LogP) is 5.72. The highest BCUT2D eigenvalue weighted by molar-refractivity contribution is 9.11. The zero-order chi connectivity index (χ0) is 19.7. The van der Waals surface area contributed by atoms with Gasteiger partial charge in [-0.15, -0.1) is 10.2 Å². The molecule has 0 aliphatic heterocycles. The molecule has 0 radical (unpaired) electrons. The second-order valence-corrected chi connectivity index (χ2v) is 7.90. The highest BCUT2D eigenvalue weighted by atomic mass is 79.9. The van der Waals surface area contributed by atoms with Crippen molar-refractivity contribution in [3.05, 3.63) is 50.4 Å². The molecule has 3 rings (SSSR count). The summed E-state index contributed by atoms with van der Waals surface area (Å²) in [5, 5.41) is 18.7. The number of rotatable bonds is 4. The highest BCUT2D eigenvalue weighted by Crippen LogP contribution is 2.41. The van der Waals surface area contributed by atoms with Crippen LogP contribution in [0.25, 0.3) is 10.9 Å². The maximum Gasteiger partial charge on any atom is 0.302 e. The normalized spacial score (nSPS) is 11.4. The fourth-order valence-corrected chi connectivity index (χ4v) is 4.19. The molecule has 1 heterocycles. The van der Waals surface area contributed by atoms with Gasteiger partial charge in [0.05, 0.1) is 9.99 Å². The largest absolute Gasteiger partial charge is 0.493 e. The number of nitrogens with zero attached hydrogens (tertiary/aromatic N) is 3. The third-order valence-corrected chi connectivity index (χ3v) is 5.25. The van der Waals surface area contributed by atoms with E-state index in [1.165, 1.54) is 0 Å². The van der Waals surface area contributed by atoms with Gasteiger partial charge < -0.3 is 14.4 Å². The summed E-state index contributed by atoms with van der Waals surface area (Å²) in [5.41, 5.74) is 3.10. The van der Waals surface area contributed by atoms with E-state index >= 15 is 0 Å². The van der Waals surface area contributed by atoms with E-state index < -0.39 is 5.91 Å². The van der Waals surface area contributed by atoms with Crippen molar-refractivity contribution in [3.63, 3.8) is 0 Å². The van der Waals surface area contributed by atoms with Crippen molar-refractivity contribution in [2.45, 2.75) is 13.8 Å². The number of benzene rings is 2. The van der Waals surface area contributed by atoms with Crippen LogP contribution in [-0.4, -0.2) is 22.2 Å². The smallest absolute Gasteiger partial charge is 0.302 e. The molecule has 0 saturated carbocycles. The molecule has 1 amide bonds. The summed E-state index contributed by atoms with van der Waals surface area (Å²) in [5.74, 6) is -0.0580. The minimum atomic E-state index is -0.550. The van der Waals surface area contributed by atoms with Crippen molar-refractivity contribution < 1.29 is 14.6 Å². The van der Waals surface area contributed by atoms with Crippen LogP contribution in [0.1, 0.15) is 11.1 Å². The molecule has 140 valence electrons. The fraction of sp³-hybridized carbons (Fsp3) is 0.211. The molecule has 0 saturated heterocycles. The number of halogens is 2. The Morgan fingerprint density at radius 2 is 1.85 bits per heavy atom. The number of hydrogen-bond donors (Lipinski definition) is 1. The fourth-order valence-electron chi connectivity index (χ4n) is 2.74. The molecule has 8 heteroatoms. The summed E-state index contributed by atoms with van der Waals surface area (Å²) in [4.78, 5) is 12.1. The standard InChI is InChI=1S/C19H17Br2N3O3/c1-10-4-5-15(13(20)7-10)27-9-16(25)22-23-17-12-6-11(2)8-14(21)18(12)24(3)19(17)26/h4-8,26H,9H2,1-3H3. The first kappa shape index (κ1) is 19.6. The molecular weight excluding hydrogens is 478 g/mol. The van der Waals surface area contributed by atoms with Crippen LogP contribution < -0.4 is 4.74 Å². The van der Waals surface area contributed by atoms with Crippen LogP contribution >= 0.6 is 31.9 Å². The van der Waals surface area contributed by atoms with Gasteiger partial charge in [0.15, 0.2) is 12.3 Å². The molecule has 0 aliphatic rings. The Hall–Kier alpha value is -2.19. The highest BCUT2D eigenvalue weighted by Gasteiger charge is 2.17. The first-order valence-corrected chi connectivity index (χ1v) is 9.67. The molecule has 0 atom stereocenters. The Morgan fingerprint density at radius 1 is 1.15 bits per heavy atom. The van der Waals surface area contributed by atoms with E-state index in [1.807, 2.05) is 38.1 Å². The van der Waals surface area contributed by atoms with Crippen LogP contribution in [0.5, 0.6) is 11.6 Å². The molecule has 1 aromatic heterocycles. The molecular formula is C19H17Br2N3O3. The third kappa shape index (κ3) is 4.06. The summed E-state index contributed by atoms with van der Waals surface area (Å²) in [6, 6.07) is 9.40. The van der Waals surface area contributed by atoms with Gasteiger partial charge in [0.25, 0.3) is 0 Å². The SMILES string of the molecule is Cc1ccc(OCC(=O)N=Nc2c(O)n(C)c3c(Br)cc(C)cc23)c(Br)c1. The number of carbonyl (C=O) groups is 1. The second kappa shape index (κ2) is 7.82. The third-order valence-electron chi connectivity index (χ3n) is 4.03. The average molecular weight is 495 g/mol. The lowest BCUT2D eigenvalue weighted by atomic mass is 10.1. The van der Waals surface area contributed by atoms with Gasteiger partial charge in [-0.05, 0) is 81.1 Å². The number of amides is 1. The quantitative estimate of drug-likeness (QED) is 0.471. The lowest BCUT2D eigenvalue weighted by Crippen LogP contribution is -2.08. The van der Waals surface area contributed by atoms with E-state index in [2.05, 4.69) is 42.1 Å². The summed E-state index contributed by atoms with van der Waals surface area (Å²) in [7, 11) is 1.72. The Labute approximate surface area is 173 Å². The van der Waals surface area contributed by atoms with E-state index in [-0.39, 0.29) is 18.2 Å². The number of aromatic nitrogens is 1. The summed E-state index contributed by atoms with van der Waals surface area (Å²) >= 11 is 6.89. The van der Waals surface area contributed by atoms with Crippen LogP contribution in [0.2, 0.25) is 0 Å². The maximum absolute atomic E-state index is 12.1. The first-order valence-electron chi connectivity index (χ1n) is 8.09. The van der Waals surface area contributed by atoms with Crippen LogP contribution in [0.15, 0.2) is 49.5 Å². The minimum absolute atomic E-state index is 0.0601. The zero-order valence-electron chi connectivity index (χ0n) is 15.0. The Bertz CT molecular complexity index is 1070. The van der Waals surface area contributed by atoms with Crippen LogP contribution in [0.3, 0.4) is 0 Å². The van der Waals surface area contributed by atoms with Crippen LogP contribution in [-0.2, 0) is 11.8 Å². The Kier molecular flexibility index (Phi) is 5.67. The van der Waals surface area contributed by atoms with Gasteiger partial charge in [-0.2, -0.15) is 0 Å². The number of fused-ring (bicyclic) bond motifs is 1. The molecule has 2 aromatic carbocycles. The van der Waals surface area contributed by atoms with Gasteiger partial charge in [0.2, 0.25) is 5.88 Å². The molecule has 1 N–H and O–H groups in total. The number of aryl methyl sites for hydroxylation is 3. The van der Waals surface area contributed by atoms with Gasteiger partial charge in [0.1, 0.15) is 5.75 Å². The topological polar surface area (TPSA) is 76.2 Å². The molecule has 6 nitrogen and oxygen atoms in total. The number of hydrogen-bond acceptors (Lipinski definition) is 4. The van der Waals surface area contributed by atoms with E-state index in [0.717, 1.165) is 25.6 Å². The molecule has 0 bridgehead atoms. The van der Waals surface area contributed by atoms with Crippen molar-refractivity contribution in [2.75, 3.05) is 6.61 Å². The van der Waals surface area contributed by atoms with Crippen LogP contribution in [0.4, 0.5) is 5.69 Å². The van der Waals surface area contributed by atoms with Crippen molar-refractivity contribution in [3.8, 4) is 11.6 Å². The number of ether oxygens (including phenoxy) is 1. The molecule has 27 heavy (non-hydrogen) atoms. The average Bonchev–Trinajstić information content (AvgIpc) is 2.83. The summed E-state index contributed by atoms with van der Waals surface area (Å²) in [6.07, 6.45) is 0. The minimum Gasteiger partial charge on any atom is -0.493 e. The molecule has 0 unspecified atom stereocenters. The number of carbonyl (C=O) groups excluding carboxylic acids is 1. The Morgan fingerprint density at radius 3 is 2.56 bits per heavy atom. The van der Waals surface area contributed by atoms with Crippen molar-refractivity contribution in [2.24, 2.45) is 17.3 Å². The molecule has 0 aliphatic carbocycles. The number of azo groups is 1. The van der Waals surface area contributed by atoms with E-state index in [4.69, 9.17) is 4.74 Å². The monoisotopic (exact) mass is 493 g/mol. The lowest BCUT2D eigenvalue weighted by Gasteiger charge is -2.06. The number of aromatic hydroxyl groups is 1. The molecule has 3 aromatic rings. The zero-order valence-corrected chi connectivity index (χ0v) is 18.1. The van der Waals surface area contributed by atoms with Gasteiger partial charge in [0, 0.05) is 16.9 Å². The van der Waals surface area contributed by atoms with Gasteiger partial charge >= 0.3 is 5.91 Å². The second-order valence-electron chi connectivity index (χ2n) is 6.19. The van der Waals surface area contributed by atoms with E-state index in [9.17, 15) is 9.90 Å². The van der Waals surface area contributed by atoms with E-state index in [0.29, 0.717) is 11.1 Å². The Balaban J connectivity index is 1.81. The first-order chi connectivity index (χ1) is 12.8. The van der Waals surface area contributed by atoms with E-state index in [1.54, 1.807) is 17.7 Å². The van der Waals surface area contributed by atoms with Crippen molar-refractivity contribution in [1.82, 2.24) is 4.57 Å². The summed E-state index contributed by atoms with van der Waals surface area (Å²) < 4.78 is 8.67.